The van der Waals surface area contributed by atoms with E-state index in [0.717, 1.165) is 33.4 Å². The normalized spacial score (nSPS) is 12.0. The Morgan fingerprint density at radius 2 is 1.04 bits per heavy atom. The van der Waals surface area contributed by atoms with Gasteiger partial charge in [0.2, 0.25) is 0 Å². The van der Waals surface area contributed by atoms with E-state index in [9.17, 15) is 10.2 Å². The van der Waals surface area contributed by atoms with Crippen LogP contribution in [-0.2, 0) is 0 Å². The van der Waals surface area contributed by atoms with Crippen LogP contribution in [-0.4, -0.2) is 10.2 Å². The van der Waals surface area contributed by atoms with E-state index in [1.54, 1.807) is 0 Å². The molecule has 0 radical (unpaired) electrons. The number of aryl methyl sites for hydroxylation is 4. The minimum absolute atomic E-state index is 0.0836. The summed E-state index contributed by atoms with van der Waals surface area (Å²) >= 11 is 0. The fourth-order valence-corrected chi connectivity index (χ4v) is 3.53. The standard InChI is InChI=1S/C21H28O2/c1-12-8-14(3)19(22)16(10-12)18(21(5,6)7)17-11-13(2)9-15(4)20(17)23/h8-11,18,22-23H,1-7H3. The molecule has 0 saturated heterocycles. The Morgan fingerprint density at radius 1 is 0.696 bits per heavy atom. The van der Waals surface area contributed by atoms with Crippen LogP contribution in [0.25, 0.3) is 0 Å². The van der Waals surface area contributed by atoms with E-state index >= 15 is 0 Å². The molecule has 2 heteroatoms. The quantitative estimate of drug-likeness (QED) is 0.767. The Hall–Kier alpha value is -1.96. The summed E-state index contributed by atoms with van der Waals surface area (Å²) in [6.45, 7) is 14.4. The molecule has 2 N–H and O–H groups in total. The third-order valence-corrected chi connectivity index (χ3v) is 4.44. The second-order valence-electron chi connectivity index (χ2n) is 7.84. The van der Waals surface area contributed by atoms with E-state index < -0.39 is 0 Å². The first kappa shape index (κ1) is 17.4. The van der Waals surface area contributed by atoms with Crippen LogP contribution in [0.5, 0.6) is 11.5 Å². The third kappa shape index (κ3) is 3.36. The summed E-state index contributed by atoms with van der Waals surface area (Å²) in [4.78, 5) is 0. The zero-order chi connectivity index (χ0) is 17.5. The summed E-state index contributed by atoms with van der Waals surface area (Å²) in [5.41, 5.74) is 5.61. The monoisotopic (exact) mass is 312 g/mol. The van der Waals surface area contributed by atoms with E-state index in [0.29, 0.717) is 11.5 Å². The lowest BCUT2D eigenvalue weighted by molar-refractivity contribution is 0.336. The maximum Gasteiger partial charge on any atom is 0.122 e. The van der Waals surface area contributed by atoms with Crippen molar-refractivity contribution in [1.82, 2.24) is 0 Å². The van der Waals surface area contributed by atoms with Crippen LogP contribution < -0.4 is 0 Å². The van der Waals surface area contributed by atoms with E-state index in [2.05, 4.69) is 20.8 Å². The molecule has 2 nitrogen and oxygen atoms in total. The van der Waals surface area contributed by atoms with Gasteiger partial charge in [-0.3, -0.25) is 0 Å². The van der Waals surface area contributed by atoms with Crippen LogP contribution in [0.1, 0.15) is 60.1 Å². The van der Waals surface area contributed by atoms with Crippen LogP contribution in [0.3, 0.4) is 0 Å². The molecule has 2 aromatic rings. The minimum Gasteiger partial charge on any atom is -0.507 e. The molecule has 0 unspecified atom stereocenters. The second-order valence-corrected chi connectivity index (χ2v) is 7.84. The van der Waals surface area contributed by atoms with Crippen molar-refractivity contribution in [2.24, 2.45) is 5.41 Å². The Morgan fingerprint density at radius 3 is 1.35 bits per heavy atom. The van der Waals surface area contributed by atoms with Gasteiger partial charge in [-0.1, -0.05) is 56.2 Å². The summed E-state index contributed by atoms with van der Waals surface area (Å²) in [6, 6.07) is 8.05. The molecule has 0 aliphatic heterocycles. The molecular weight excluding hydrogens is 284 g/mol. The Balaban J connectivity index is 2.80. The Kier molecular flexibility index (Phi) is 4.48. The van der Waals surface area contributed by atoms with Gasteiger partial charge in [0.25, 0.3) is 0 Å². The number of benzene rings is 2. The van der Waals surface area contributed by atoms with Crippen molar-refractivity contribution in [3.05, 3.63) is 57.6 Å². The number of phenolic OH excluding ortho intramolecular Hbond substituents is 2. The van der Waals surface area contributed by atoms with Crippen LogP contribution in [0, 0.1) is 33.1 Å². The maximum atomic E-state index is 10.7. The van der Waals surface area contributed by atoms with Crippen LogP contribution in [0.2, 0.25) is 0 Å². The molecule has 0 spiro atoms. The SMILES string of the molecule is Cc1cc(C)c(O)c(C(c2cc(C)cc(C)c2O)C(C)(C)C)c1. The highest BCUT2D eigenvalue weighted by molar-refractivity contribution is 5.54. The van der Waals surface area contributed by atoms with E-state index in [-0.39, 0.29) is 11.3 Å². The molecule has 0 fully saturated rings. The highest BCUT2D eigenvalue weighted by Crippen LogP contribution is 2.48. The summed E-state index contributed by atoms with van der Waals surface area (Å²) in [5, 5.41) is 21.3. The van der Waals surface area contributed by atoms with Gasteiger partial charge in [0.05, 0.1) is 0 Å². The highest BCUT2D eigenvalue weighted by Gasteiger charge is 2.33. The molecule has 2 aromatic carbocycles. The van der Waals surface area contributed by atoms with Gasteiger partial charge in [-0.05, 0) is 44.2 Å². The molecule has 124 valence electrons. The molecule has 0 aliphatic rings. The van der Waals surface area contributed by atoms with Crippen molar-refractivity contribution in [2.75, 3.05) is 0 Å². The molecule has 0 saturated carbocycles. The molecule has 23 heavy (non-hydrogen) atoms. The molecule has 0 heterocycles. The van der Waals surface area contributed by atoms with Gasteiger partial charge < -0.3 is 10.2 Å². The lowest BCUT2D eigenvalue weighted by Crippen LogP contribution is -2.20. The van der Waals surface area contributed by atoms with Gasteiger partial charge in [0.1, 0.15) is 11.5 Å². The number of hydrogen-bond donors (Lipinski definition) is 2. The van der Waals surface area contributed by atoms with Crippen LogP contribution in [0.15, 0.2) is 24.3 Å². The number of aromatic hydroxyl groups is 2. The molecular formula is C21H28O2. The Labute approximate surface area is 139 Å². The average Bonchev–Trinajstić information content (AvgIpc) is 2.39. The smallest absolute Gasteiger partial charge is 0.122 e. The van der Waals surface area contributed by atoms with E-state index in [1.165, 1.54) is 0 Å². The van der Waals surface area contributed by atoms with Gasteiger partial charge in [-0.25, -0.2) is 0 Å². The van der Waals surface area contributed by atoms with Crippen molar-refractivity contribution in [2.45, 2.75) is 54.4 Å². The van der Waals surface area contributed by atoms with Crippen molar-refractivity contribution in [1.29, 1.82) is 0 Å². The van der Waals surface area contributed by atoms with Crippen molar-refractivity contribution in [3.8, 4) is 11.5 Å². The first-order chi connectivity index (χ1) is 10.5. The first-order valence-electron chi connectivity index (χ1n) is 8.12. The van der Waals surface area contributed by atoms with E-state index in [1.807, 2.05) is 52.0 Å². The number of rotatable bonds is 2. The molecule has 2 rings (SSSR count). The van der Waals surface area contributed by atoms with Crippen LogP contribution in [0.4, 0.5) is 0 Å². The average molecular weight is 312 g/mol. The first-order valence-corrected chi connectivity index (χ1v) is 8.12. The van der Waals surface area contributed by atoms with Crippen molar-refractivity contribution < 1.29 is 10.2 Å². The largest absolute Gasteiger partial charge is 0.507 e. The molecule has 0 amide bonds. The van der Waals surface area contributed by atoms with E-state index in [4.69, 9.17) is 0 Å². The second kappa shape index (κ2) is 5.92. The number of hydrogen-bond acceptors (Lipinski definition) is 2. The lowest BCUT2D eigenvalue weighted by Gasteiger charge is -2.33. The maximum absolute atomic E-state index is 10.7. The lowest BCUT2D eigenvalue weighted by atomic mass is 9.71. The van der Waals surface area contributed by atoms with Gasteiger partial charge in [-0.15, -0.1) is 0 Å². The van der Waals surface area contributed by atoms with Crippen molar-refractivity contribution in [3.63, 3.8) is 0 Å². The molecule has 0 atom stereocenters. The fraction of sp³-hybridized carbons (Fsp3) is 0.429. The predicted molar refractivity (Wildman–Crippen MR) is 96.5 cm³/mol. The fourth-order valence-electron chi connectivity index (χ4n) is 3.53. The number of phenols is 2. The molecule has 0 aliphatic carbocycles. The predicted octanol–water partition coefficient (Wildman–Crippen LogP) is 5.51. The zero-order valence-corrected chi connectivity index (χ0v) is 15.3. The van der Waals surface area contributed by atoms with Crippen LogP contribution >= 0.6 is 0 Å². The summed E-state index contributed by atoms with van der Waals surface area (Å²) in [6.07, 6.45) is 0. The topological polar surface area (TPSA) is 40.5 Å². The minimum atomic E-state index is -0.143. The highest BCUT2D eigenvalue weighted by atomic mass is 16.3. The summed E-state index contributed by atoms with van der Waals surface area (Å²) in [5.74, 6) is 0.572. The molecule has 0 aromatic heterocycles. The van der Waals surface area contributed by atoms with Crippen molar-refractivity contribution >= 4 is 0 Å². The van der Waals surface area contributed by atoms with Gasteiger partial charge in [0.15, 0.2) is 0 Å². The zero-order valence-electron chi connectivity index (χ0n) is 15.3. The third-order valence-electron chi connectivity index (χ3n) is 4.44. The summed E-state index contributed by atoms with van der Waals surface area (Å²) in [7, 11) is 0. The van der Waals surface area contributed by atoms with Gasteiger partial charge in [0, 0.05) is 17.0 Å². The molecule has 0 bridgehead atoms. The van der Waals surface area contributed by atoms with Gasteiger partial charge in [-0.2, -0.15) is 0 Å². The van der Waals surface area contributed by atoms with Gasteiger partial charge >= 0.3 is 0 Å². The summed E-state index contributed by atoms with van der Waals surface area (Å²) < 4.78 is 0. The Bertz CT molecular complexity index is 679.